The molecule has 5 heterocycles. The highest BCUT2D eigenvalue weighted by Crippen LogP contribution is 2.54. The Morgan fingerprint density at radius 2 is 1.82 bits per heavy atom. The molecular weight excluding hydrogens is 1020 g/mol. The van der Waals surface area contributed by atoms with Gasteiger partial charge in [0, 0.05) is 87.3 Å². The summed E-state index contributed by atoms with van der Waals surface area (Å²) in [5, 5.41) is 25.9. The van der Waals surface area contributed by atoms with Gasteiger partial charge in [-0.05, 0) is 135 Å². The van der Waals surface area contributed by atoms with Crippen LogP contribution in [0.15, 0.2) is 96.2 Å². The molecule has 2 saturated carbocycles. The summed E-state index contributed by atoms with van der Waals surface area (Å²) < 4.78 is 62.9. The number of nitro groups is 1. The zero-order valence-electron chi connectivity index (χ0n) is 44.7. The van der Waals surface area contributed by atoms with Gasteiger partial charge in [-0.2, -0.15) is 0 Å². The first-order valence-electron chi connectivity index (χ1n) is 27.3. The zero-order valence-corrected chi connectivity index (χ0v) is 45.5. The van der Waals surface area contributed by atoms with E-state index < -0.39 is 42.9 Å². The highest BCUT2D eigenvalue weighted by Gasteiger charge is 2.55. The number of aromatic amines is 1. The number of aromatic nitrogens is 2. The number of carbonyl (C=O) groups excluding carboxylic acids is 1. The summed E-state index contributed by atoms with van der Waals surface area (Å²) >= 11 is 0. The second kappa shape index (κ2) is 21.4. The maximum atomic E-state index is 14.8. The molecule has 412 valence electrons. The molecule has 11 rings (SSSR count). The van der Waals surface area contributed by atoms with Crippen molar-refractivity contribution >= 4 is 44.0 Å². The SMILES string of the molecule is COc1cc(CN2CCN(C3CC4(C3)CN(c3ccc(C(=O)NS(=O)(=O)c5ccc(NC[C@H]6CC[C@](C)(O)CC6)c([N+](=O)[O-])c5)c(Oc5cnc6[nH]cc(F)c6c5)c3)C4)[C@H](c3ccccc3C(C)C)C2)cc2c1OCCCC2. The third-order valence-corrected chi connectivity index (χ3v) is 18.3. The molecule has 2 saturated heterocycles. The van der Waals surface area contributed by atoms with Gasteiger partial charge in [0.2, 0.25) is 0 Å². The topological polar surface area (TPSA) is 205 Å². The predicted molar refractivity (Wildman–Crippen MR) is 296 cm³/mol. The number of benzene rings is 4. The summed E-state index contributed by atoms with van der Waals surface area (Å²) in [6.07, 6.45) is 10.5. The third kappa shape index (κ3) is 11.0. The van der Waals surface area contributed by atoms with E-state index in [4.69, 9.17) is 14.2 Å². The van der Waals surface area contributed by atoms with Crippen LogP contribution in [0.25, 0.3) is 11.0 Å². The standard InChI is InChI=1S/C59H69FN8O9S/c1-37(2)45-10-5-6-11-46(45)52-34-65(33-39-23-40-9-7-8-22-76-55(40)54(24-39)75-4)20-21-67(52)42-28-59(29-42)35-66(36-59)41-12-14-47(53(25-41)77-43-26-48-49(60)32-63-56(48)62-31-43)57(69)64-78(73,74)44-13-15-50(51(27-44)68(71)72)61-30-38-16-18-58(3,70)19-17-38/h5-6,10-15,23-27,31-32,37-38,42,52,61,70H,7-9,16-22,28-30,33-36H2,1-4H3,(H,62,63)(H,64,69)/t38-,52-,58-/m0/s1. The van der Waals surface area contributed by atoms with Gasteiger partial charge < -0.3 is 34.5 Å². The molecular formula is C59H69FN8O9S. The fourth-order valence-electron chi connectivity index (χ4n) is 12.7. The van der Waals surface area contributed by atoms with Crippen LogP contribution < -0.4 is 29.1 Å². The molecule has 4 fully saturated rings. The molecule has 1 atom stereocenters. The Morgan fingerprint density at radius 3 is 2.59 bits per heavy atom. The second-order valence-electron chi connectivity index (χ2n) is 23.0. The molecule has 0 unspecified atom stereocenters. The lowest BCUT2D eigenvalue weighted by atomic mass is 9.59. The first kappa shape index (κ1) is 53.2. The number of halogens is 1. The van der Waals surface area contributed by atoms with E-state index in [9.17, 15) is 32.8 Å². The van der Waals surface area contributed by atoms with Crippen molar-refractivity contribution in [2.75, 3.05) is 63.2 Å². The first-order valence-corrected chi connectivity index (χ1v) is 28.8. The number of anilines is 2. The summed E-state index contributed by atoms with van der Waals surface area (Å²) in [6.45, 7) is 12.6. The van der Waals surface area contributed by atoms with Crippen LogP contribution >= 0.6 is 0 Å². The zero-order chi connectivity index (χ0) is 54.5. The molecule has 5 aliphatic rings. The number of sulfonamides is 1. The molecule has 19 heteroatoms. The quantitative estimate of drug-likeness (QED) is 0.0526. The molecule has 2 aliphatic carbocycles. The van der Waals surface area contributed by atoms with Crippen molar-refractivity contribution in [3.8, 4) is 23.0 Å². The van der Waals surface area contributed by atoms with Crippen molar-refractivity contribution in [2.24, 2.45) is 11.3 Å². The summed E-state index contributed by atoms with van der Waals surface area (Å²) in [4.78, 5) is 39.9. The normalized spacial score (nSPS) is 21.8. The Balaban J connectivity index is 0.795. The Bertz CT molecular complexity index is 3340. The number of amides is 1. The average molecular weight is 1090 g/mol. The van der Waals surface area contributed by atoms with Gasteiger partial charge in [0.1, 0.15) is 28.7 Å². The Labute approximate surface area is 454 Å². The van der Waals surface area contributed by atoms with Crippen LogP contribution in [0.4, 0.5) is 21.5 Å². The van der Waals surface area contributed by atoms with Crippen molar-refractivity contribution in [1.82, 2.24) is 24.5 Å². The Kier molecular flexibility index (Phi) is 14.6. The highest BCUT2D eigenvalue weighted by molar-refractivity contribution is 7.90. The van der Waals surface area contributed by atoms with Crippen LogP contribution in [0.1, 0.15) is 117 Å². The molecule has 4 N–H and O–H groups in total. The molecule has 1 amide bonds. The third-order valence-electron chi connectivity index (χ3n) is 17.0. The van der Waals surface area contributed by atoms with E-state index in [1.165, 1.54) is 58.9 Å². The number of hydrogen-bond acceptors (Lipinski definition) is 14. The number of pyridine rings is 1. The fraction of sp³-hybridized carbons (Fsp3) is 0.458. The second-order valence-corrected chi connectivity index (χ2v) is 24.6. The summed E-state index contributed by atoms with van der Waals surface area (Å²) in [7, 11) is -2.93. The van der Waals surface area contributed by atoms with Crippen LogP contribution in [-0.4, -0.2) is 109 Å². The van der Waals surface area contributed by atoms with E-state index in [-0.39, 0.29) is 45.5 Å². The number of nitro benzene ring substituents is 1. The van der Waals surface area contributed by atoms with Gasteiger partial charge >= 0.3 is 0 Å². The van der Waals surface area contributed by atoms with E-state index in [1.54, 1.807) is 26.2 Å². The number of aliphatic hydroxyl groups is 1. The van der Waals surface area contributed by atoms with Crippen molar-refractivity contribution in [3.05, 3.63) is 135 Å². The number of H-pyrrole nitrogens is 1. The number of carbonyl (C=O) groups is 1. The molecule has 1 spiro atoms. The van der Waals surface area contributed by atoms with Crippen molar-refractivity contribution < 1.29 is 41.8 Å². The number of fused-ring (bicyclic) bond motifs is 2. The largest absolute Gasteiger partial charge is 0.493 e. The summed E-state index contributed by atoms with van der Waals surface area (Å²) in [6, 6.07) is 23.8. The van der Waals surface area contributed by atoms with Gasteiger partial charge in [-0.15, -0.1) is 0 Å². The smallest absolute Gasteiger partial charge is 0.293 e. The van der Waals surface area contributed by atoms with Crippen LogP contribution in [0, 0.1) is 27.3 Å². The molecule has 78 heavy (non-hydrogen) atoms. The number of nitrogens with one attached hydrogen (secondary N) is 3. The Morgan fingerprint density at radius 1 is 1.03 bits per heavy atom. The lowest BCUT2D eigenvalue weighted by molar-refractivity contribution is -0.384. The maximum absolute atomic E-state index is 14.8. The van der Waals surface area contributed by atoms with Gasteiger partial charge in [0.25, 0.3) is 21.6 Å². The van der Waals surface area contributed by atoms with Crippen molar-refractivity contribution in [2.45, 2.75) is 114 Å². The highest BCUT2D eigenvalue weighted by atomic mass is 32.2. The van der Waals surface area contributed by atoms with Crippen LogP contribution in [0.3, 0.4) is 0 Å². The van der Waals surface area contributed by atoms with Crippen molar-refractivity contribution in [1.29, 1.82) is 0 Å². The first-order chi connectivity index (χ1) is 37.4. The predicted octanol–water partition coefficient (Wildman–Crippen LogP) is 10.2. The van der Waals surface area contributed by atoms with Crippen LogP contribution in [-0.2, 0) is 23.0 Å². The van der Waals surface area contributed by atoms with Crippen LogP contribution in [0.5, 0.6) is 23.0 Å². The summed E-state index contributed by atoms with van der Waals surface area (Å²) in [5.41, 5.74) is 5.19. The molecule has 6 aromatic rings. The molecule has 0 bridgehead atoms. The van der Waals surface area contributed by atoms with Gasteiger partial charge in [-0.3, -0.25) is 24.7 Å². The molecule has 17 nitrogen and oxygen atoms in total. The average Bonchev–Trinajstić information content (AvgIpc) is 3.71. The monoisotopic (exact) mass is 1080 g/mol. The fourth-order valence-corrected chi connectivity index (χ4v) is 13.7. The molecule has 0 radical (unpaired) electrons. The van der Waals surface area contributed by atoms with Gasteiger partial charge in [-0.1, -0.05) is 44.2 Å². The molecule has 3 aliphatic heterocycles. The minimum atomic E-state index is -4.65. The number of methoxy groups -OCH3 is 1. The number of nitrogens with zero attached hydrogens (tertiary/aromatic N) is 5. The number of aryl methyl sites for hydroxylation is 1. The number of ether oxygens (including phenoxy) is 3. The maximum Gasteiger partial charge on any atom is 0.293 e. The van der Waals surface area contributed by atoms with E-state index in [0.29, 0.717) is 43.6 Å². The van der Waals surface area contributed by atoms with Gasteiger partial charge in [0.05, 0.1) is 46.3 Å². The van der Waals surface area contributed by atoms with E-state index in [2.05, 4.69) is 85.0 Å². The lowest BCUT2D eigenvalue weighted by Crippen LogP contribution is -2.68. The summed E-state index contributed by atoms with van der Waals surface area (Å²) in [5.74, 6) is 0.805. The van der Waals surface area contributed by atoms with Gasteiger partial charge in [0.15, 0.2) is 11.5 Å². The molecule has 4 aromatic carbocycles. The number of piperazine rings is 1. The van der Waals surface area contributed by atoms with Crippen molar-refractivity contribution in [3.63, 3.8) is 0 Å². The number of rotatable bonds is 16. The van der Waals surface area contributed by atoms with E-state index >= 15 is 0 Å². The number of hydrogen-bond donors (Lipinski definition) is 4. The molecule has 2 aromatic heterocycles. The van der Waals surface area contributed by atoms with Crippen LogP contribution in [0.2, 0.25) is 0 Å². The Hall–Kier alpha value is -6.80. The minimum absolute atomic E-state index is 0.0154. The minimum Gasteiger partial charge on any atom is -0.493 e. The van der Waals surface area contributed by atoms with E-state index in [0.717, 1.165) is 107 Å². The van der Waals surface area contributed by atoms with Gasteiger partial charge in [-0.25, -0.2) is 22.5 Å². The lowest BCUT2D eigenvalue weighted by Gasteiger charge is -2.63. The van der Waals surface area contributed by atoms with E-state index in [1.807, 2.05) is 0 Å².